The lowest BCUT2D eigenvalue weighted by Crippen LogP contribution is -2.42. The van der Waals surface area contributed by atoms with Crippen LogP contribution in [-0.2, 0) is 4.79 Å². The van der Waals surface area contributed by atoms with Crippen molar-refractivity contribution in [1.29, 1.82) is 0 Å². The SMILES string of the molecule is Cc1cccc(-n2c(SCC(=O)NNC(=O)c3cccs3)nnc2-c2c[nH]c3ccccc23)c1. The van der Waals surface area contributed by atoms with E-state index in [0.29, 0.717) is 15.9 Å². The first-order valence-electron chi connectivity index (χ1n) is 10.4. The molecule has 5 aromatic rings. The molecule has 2 amide bonds. The van der Waals surface area contributed by atoms with Gasteiger partial charge in [0.2, 0.25) is 5.91 Å². The van der Waals surface area contributed by atoms with Crippen LogP contribution in [0.4, 0.5) is 0 Å². The number of aryl methyl sites for hydroxylation is 1. The summed E-state index contributed by atoms with van der Waals surface area (Å²) in [7, 11) is 0. The Labute approximate surface area is 203 Å². The number of nitrogens with one attached hydrogen (secondary N) is 3. The number of aromatic amines is 1. The van der Waals surface area contributed by atoms with Gasteiger partial charge in [-0.25, -0.2) is 0 Å². The number of carbonyl (C=O) groups is 2. The summed E-state index contributed by atoms with van der Waals surface area (Å²) in [4.78, 5) is 28.2. The second kappa shape index (κ2) is 9.54. The number of benzene rings is 2. The molecule has 0 aliphatic rings. The number of hydrogen-bond donors (Lipinski definition) is 3. The van der Waals surface area contributed by atoms with Crippen LogP contribution in [0.2, 0.25) is 0 Å². The van der Waals surface area contributed by atoms with Crippen LogP contribution in [0.1, 0.15) is 15.2 Å². The molecule has 5 rings (SSSR count). The monoisotopic (exact) mass is 488 g/mol. The number of nitrogens with zero attached hydrogens (tertiary/aromatic N) is 3. The summed E-state index contributed by atoms with van der Waals surface area (Å²) < 4.78 is 1.95. The Balaban J connectivity index is 1.40. The number of fused-ring (bicyclic) bond motifs is 1. The van der Waals surface area contributed by atoms with E-state index >= 15 is 0 Å². The number of para-hydroxylation sites is 1. The summed E-state index contributed by atoms with van der Waals surface area (Å²) in [6.07, 6.45) is 1.92. The molecule has 10 heteroatoms. The van der Waals surface area contributed by atoms with Gasteiger partial charge in [0.25, 0.3) is 5.91 Å². The molecule has 0 aliphatic carbocycles. The van der Waals surface area contributed by atoms with Crippen LogP contribution in [0, 0.1) is 6.92 Å². The number of aromatic nitrogens is 4. The highest BCUT2D eigenvalue weighted by Crippen LogP contribution is 2.32. The molecule has 3 N–H and O–H groups in total. The van der Waals surface area contributed by atoms with Crippen LogP contribution in [-0.4, -0.2) is 37.3 Å². The topological polar surface area (TPSA) is 105 Å². The first kappa shape index (κ1) is 21.9. The van der Waals surface area contributed by atoms with E-state index in [9.17, 15) is 9.59 Å². The zero-order valence-corrected chi connectivity index (χ0v) is 19.7. The Kier molecular flexibility index (Phi) is 6.15. The number of H-pyrrole nitrogens is 1. The van der Waals surface area contributed by atoms with Gasteiger partial charge in [-0.3, -0.25) is 25.0 Å². The molecular formula is C24H20N6O2S2. The summed E-state index contributed by atoms with van der Waals surface area (Å²) in [6, 6.07) is 19.5. The predicted molar refractivity (Wildman–Crippen MR) is 134 cm³/mol. The van der Waals surface area contributed by atoms with Crippen molar-refractivity contribution in [2.45, 2.75) is 12.1 Å². The number of hydrogen-bond acceptors (Lipinski definition) is 6. The molecule has 170 valence electrons. The van der Waals surface area contributed by atoms with Crippen LogP contribution in [0.15, 0.2) is 77.4 Å². The molecule has 3 aromatic heterocycles. The zero-order chi connectivity index (χ0) is 23.5. The molecule has 0 saturated heterocycles. The summed E-state index contributed by atoms with van der Waals surface area (Å²) in [6.45, 7) is 2.02. The first-order chi connectivity index (χ1) is 16.6. The predicted octanol–water partition coefficient (Wildman–Crippen LogP) is 4.34. The molecule has 0 atom stereocenters. The van der Waals surface area contributed by atoms with Crippen molar-refractivity contribution in [3.8, 4) is 17.1 Å². The molecule has 0 bridgehead atoms. The molecule has 34 heavy (non-hydrogen) atoms. The van der Waals surface area contributed by atoms with Gasteiger partial charge in [0.1, 0.15) is 0 Å². The minimum atomic E-state index is -0.349. The molecule has 0 unspecified atom stereocenters. The Morgan fingerprint density at radius 2 is 1.94 bits per heavy atom. The lowest BCUT2D eigenvalue weighted by atomic mass is 10.1. The number of rotatable bonds is 6. The Bertz CT molecular complexity index is 1470. The van der Waals surface area contributed by atoms with Gasteiger partial charge >= 0.3 is 0 Å². The van der Waals surface area contributed by atoms with E-state index in [1.54, 1.807) is 17.5 Å². The number of thiophene rings is 1. The highest BCUT2D eigenvalue weighted by atomic mass is 32.2. The third-order valence-corrected chi connectivity index (χ3v) is 6.91. The molecule has 0 saturated carbocycles. The fraction of sp³-hybridized carbons (Fsp3) is 0.0833. The van der Waals surface area contributed by atoms with Crippen molar-refractivity contribution >= 4 is 45.8 Å². The van der Waals surface area contributed by atoms with Gasteiger partial charge in [-0.2, -0.15) is 0 Å². The minimum Gasteiger partial charge on any atom is -0.360 e. The van der Waals surface area contributed by atoms with Crippen molar-refractivity contribution in [3.63, 3.8) is 0 Å². The molecule has 8 nitrogen and oxygen atoms in total. The second-order valence-corrected chi connectivity index (χ2v) is 9.39. The Morgan fingerprint density at radius 3 is 2.76 bits per heavy atom. The van der Waals surface area contributed by atoms with Gasteiger partial charge in [-0.15, -0.1) is 21.5 Å². The van der Waals surface area contributed by atoms with Crippen LogP contribution in [0.3, 0.4) is 0 Å². The number of hydrazine groups is 1. The third kappa shape index (κ3) is 4.45. The smallest absolute Gasteiger partial charge is 0.279 e. The highest BCUT2D eigenvalue weighted by molar-refractivity contribution is 7.99. The van der Waals surface area contributed by atoms with Gasteiger partial charge in [0, 0.05) is 28.4 Å². The maximum atomic E-state index is 12.4. The van der Waals surface area contributed by atoms with E-state index in [0.717, 1.165) is 27.7 Å². The van der Waals surface area contributed by atoms with E-state index in [2.05, 4.69) is 26.0 Å². The minimum absolute atomic E-state index is 0.0581. The van der Waals surface area contributed by atoms with E-state index in [-0.39, 0.29) is 17.6 Å². The quantitative estimate of drug-likeness (QED) is 0.244. The number of amides is 2. The van der Waals surface area contributed by atoms with Gasteiger partial charge < -0.3 is 4.98 Å². The molecule has 3 heterocycles. The molecule has 0 spiro atoms. The fourth-order valence-electron chi connectivity index (χ4n) is 3.56. The summed E-state index contributed by atoms with van der Waals surface area (Å²) >= 11 is 2.55. The van der Waals surface area contributed by atoms with E-state index in [1.807, 2.05) is 66.2 Å². The molecule has 0 radical (unpaired) electrons. The van der Waals surface area contributed by atoms with Crippen LogP contribution >= 0.6 is 23.1 Å². The van der Waals surface area contributed by atoms with Gasteiger partial charge in [0.05, 0.1) is 10.6 Å². The maximum Gasteiger partial charge on any atom is 0.279 e. The second-order valence-electron chi connectivity index (χ2n) is 7.50. The van der Waals surface area contributed by atoms with Crippen molar-refractivity contribution < 1.29 is 9.59 Å². The van der Waals surface area contributed by atoms with Crippen LogP contribution in [0.25, 0.3) is 28.0 Å². The van der Waals surface area contributed by atoms with Crippen molar-refractivity contribution in [1.82, 2.24) is 30.6 Å². The molecule has 0 fully saturated rings. The zero-order valence-electron chi connectivity index (χ0n) is 18.1. The van der Waals surface area contributed by atoms with Gasteiger partial charge in [-0.1, -0.05) is 48.2 Å². The lowest BCUT2D eigenvalue weighted by molar-refractivity contribution is -0.119. The number of carbonyl (C=O) groups excluding carboxylic acids is 2. The summed E-state index contributed by atoms with van der Waals surface area (Å²) in [5.41, 5.74) is 8.81. The Hall–Kier alpha value is -3.89. The highest BCUT2D eigenvalue weighted by Gasteiger charge is 2.20. The standard InChI is InChI=1S/C24H20N6O2S2/c1-15-6-4-7-16(12-15)30-22(18-13-25-19-9-3-2-8-17(18)19)27-29-24(30)34-14-21(31)26-28-23(32)20-10-5-11-33-20/h2-13,25H,14H2,1H3,(H,26,31)(H,28,32). The maximum absolute atomic E-state index is 12.4. The first-order valence-corrected chi connectivity index (χ1v) is 12.3. The van der Waals surface area contributed by atoms with Gasteiger partial charge in [-0.05, 0) is 42.1 Å². The Morgan fingerprint density at radius 1 is 1.06 bits per heavy atom. The molecular weight excluding hydrogens is 468 g/mol. The van der Waals surface area contributed by atoms with E-state index < -0.39 is 0 Å². The fourth-order valence-corrected chi connectivity index (χ4v) is 4.93. The largest absolute Gasteiger partial charge is 0.360 e. The summed E-state index contributed by atoms with van der Waals surface area (Å²) in [5.74, 6) is 0.0416. The van der Waals surface area contributed by atoms with E-state index in [4.69, 9.17) is 0 Å². The van der Waals surface area contributed by atoms with Crippen molar-refractivity contribution in [2.75, 3.05) is 5.75 Å². The molecule has 2 aromatic carbocycles. The van der Waals surface area contributed by atoms with Crippen LogP contribution in [0.5, 0.6) is 0 Å². The van der Waals surface area contributed by atoms with Crippen molar-refractivity contribution in [2.24, 2.45) is 0 Å². The van der Waals surface area contributed by atoms with Crippen molar-refractivity contribution in [3.05, 3.63) is 82.7 Å². The third-order valence-electron chi connectivity index (χ3n) is 5.12. The number of thioether (sulfide) groups is 1. The average Bonchev–Trinajstić information content (AvgIpc) is 3.60. The normalized spacial score (nSPS) is 11.0. The lowest BCUT2D eigenvalue weighted by Gasteiger charge is -2.11. The van der Waals surface area contributed by atoms with Crippen LogP contribution < -0.4 is 10.9 Å². The summed E-state index contributed by atoms with van der Waals surface area (Å²) in [5, 5.41) is 12.3. The van der Waals surface area contributed by atoms with E-state index in [1.165, 1.54) is 23.1 Å². The average molecular weight is 489 g/mol. The molecule has 0 aliphatic heterocycles. The van der Waals surface area contributed by atoms with Gasteiger partial charge in [0.15, 0.2) is 11.0 Å².